The van der Waals surface area contributed by atoms with Gasteiger partial charge in [-0.15, -0.1) is 0 Å². The first-order chi connectivity index (χ1) is 13.7. The summed E-state index contributed by atoms with van der Waals surface area (Å²) in [6, 6.07) is 20.0. The van der Waals surface area contributed by atoms with E-state index >= 15 is 0 Å². The third kappa shape index (κ3) is 5.18. The number of rotatable bonds is 6. The molecule has 2 aromatic carbocycles. The van der Waals surface area contributed by atoms with Crippen molar-refractivity contribution in [2.24, 2.45) is 5.14 Å². The van der Waals surface area contributed by atoms with Crippen LogP contribution in [0.1, 0.15) is 11.4 Å². The molecule has 0 fully saturated rings. The highest BCUT2D eigenvalue weighted by Gasteiger charge is 2.17. The van der Waals surface area contributed by atoms with Crippen molar-refractivity contribution in [2.75, 3.05) is 5.43 Å². The van der Waals surface area contributed by atoms with E-state index in [1.54, 1.807) is 0 Å². The van der Waals surface area contributed by atoms with Crippen molar-refractivity contribution in [3.8, 4) is 11.1 Å². The highest BCUT2D eigenvalue weighted by molar-refractivity contribution is 7.89. The molecule has 7 nitrogen and oxygen atoms in total. The molecule has 3 rings (SSSR count). The highest BCUT2D eigenvalue weighted by atomic mass is 32.2. The molecule has 3 aromatic rings. The van der Waals surface area contributed by atoms with Crippen molar-refractivity contribution in [1.82, 2.24) is 5.43 Å². The van der Waals surface area contributed by atoms with Crippen molar-refractivity contribution in [3.63, 3.8) is 0 Å². The van der Waals surface area contributed by atoms with Gasteiger partial charge >= 0.3 is 5.91 Å². The summed E-state index contributed by atoms with van der Waals surface area (Å²) in [5.74, 6) is -0.232. The van der Waals surface area contributed by atoms with Crippen LogP contribution in [0.4, 0.5) is 5.69 Å². The predicted octanol–water partition coefficient (Wildman–Crippen LogP) is 2.05. The summed E-state index contributed by atoms with van der Waals surface area (Å²) in [7, 11) is -3.74. The zero-order valence-electron chi connectivity index (χ0n) is 16.2. The van der Waals surface area contributed by atoms with Crippen molar-refractivity contribution in [1.29, 1.82) is 0 Å². The monoisotopic (exact) mass is 411 g/mol. The number of aryl methyl sites for hydroxylation is 2. The molecule has 1 amide bonds. The molecule has 8 heteroatoms. The second kappa shape index (κ2) is 8.42. The number of primary sulfonamides is 1. The van der Waals surface area contributed by atoms with Crippen LogP contribution in [0.15, 0.2) is 71.6 Å². The average Bonchev–Trinajstić information content (AvgIpc) is 2.69. The first kappa shape index (κ1) is 20.5. The minimum absolute atomic E-state index is 0.00897. The number of pyridine rings is 1. The molecule has 0 saturated carbocycles. The molecule has 1 aromatic heterocycles. The normalized spacial score (nSPS) is 11.1. The van der Waals surface area contributed by atoms with E-state index in [1.807, 2.05) is 36.6 Å². The van der Waals surface area contributed by atoms with E-state index in [1.165, 1.54) is 24.3 Å². The zero-order chi connectivity index (χ0) is 21.0. The molecule has 0 bridgehead atoms. The third-order valence-electron chi connectivity index (χ3n) is 4.52. The van der Waals surface area contributed by atoms with Gasteiger partial charge in [-0.2, -0.15) is 4.57 Å². The zero-order valence-corrected chi connectivity index (χ0v) is 17.0. The molecule has 0 unspecified atom stereocenters. The number of aromatic nitrogens is 1. The average molecular weight is 412 g/mol. The molecule has 0 radical (unpaired) electrons. The Kier molecular flexibility index (Phi) is 5.95. The Hall–Kier alpha value is -3.23. The van der Waals surface area contributed by atoms with Gasteiger partial charge in [-0.1, -0.05) is 30.3 Å². The number of benzene rings is 2. The lowest BCUT2D eigenvalue weighted by Gasteiger charge is -2.10. The molecule has 0 spiro atoms. The van der Waals surface area contributed by atoms with Crippen LogP contribution in [-0.2, 0) is 21.4 Å². The maximum absolute atomic E-state index is 12.4. The molecule has 29 heavy (non-hydrogen) atoms. The fourth-order valence-corrected chi connectivity index (χ4v) is 3.54. The first-order valence-corrected chi connectivity index (χ1v) is 10.5. The maximum atomic E-state index is 12.4. The summed E-state index contributed by atoms with van der Waals surface area (Å²) in [6.45, 7) is 4.08. The van der Waals surface area contributed by atoms with E-state index in [9.17, 15) is 13.2 Å². The fourth-order valence-electron chi connectivity index (χ4n) is 3.03. The first-order valence-electron chi connectivity index (χ1n) is 8.98. The number of nitrogens with zero attached hydrogens (tertiary/aromatic N) is 1. The Labute approximate surface area is 170 Å². The summed E-state index contributed by atoms with van der Waals surface area (Å²) in [5, 5.41) is 5.07. The van der Waals surface area contributed by atoms with Crippen LogP contribution in [-0.4, -0.2) is 14.3 Å². The van der Waals surface area contributed by atoms with Crippen LogP contribution in [0, 0.1) is 13.8 Å². The molecule has 1 heterocycles. The minimum atomic E-state index is -3.74. The van der Waals surface area contributed by atoms with Crippen LogP contribution < -0.4 is 20.6 Å². The Morgan fingerprint density at radius 2 is 1.52 bits per heavy atom. The molecule has 0 aliphatic rings. The number of nitrogens with one attached hydrogen (secondary N) is 2. The van der Waals surface area contributed by atoms with Crippen LogP contribution in [0.25, 0.3) is 11.1 Å². The number of hydrogen-bond donors (Lipinski definition) is 3. The minimum Gasteiger partial charge on any atom is -0.298 e. The lowest BCUT2D eigenvalue weighted by Crippen LogP contribution is -2.48. The van der Waals surface area contributed by atoms with Gasteiger partial charge in [-0.3, -0.25) is 15.6 Å². The highest BCUT2D eigenvalue weighted by Crippen LogP contribution is 2.19. The Balaban J connectivity index is 1.66. The topological polar surface area (TPSA) is 105 Å². The third-order valence-corrected chi connectivity index (χ3v) is 5.45. The van der Waals surface area contributed by atoms with E-state index in [0.717, 1.165) is 22.5 Å². The van der Waals surface area contributed by atoms with Crippen LogP contribution in [0.2, 0.25) is 0 Å². The summed E-state index contributed by atoms with van der Waals surface area (Å²) in [5.41, 5.74) is 10.1. The number of sulfonamides is 1. The molecule has 0 atom stereocenters. The standard InChI is InChI=1S/C21H22N4O3S/c1-15-12-18(17-6-4-3-5-7-17)13-16(2)25(15)14-21(26)24-23-19-8-10-20(11-9-19)29(22,27)28/h3-13,23H,14H2,1-2H3,(H2-,22,24,26,27,28)/p+1. The van der Waals surface area contributed by atoms with E-state index in [0.29, 0.717) is 5.69 Å². The fraction of sp³-hybridized carbons (Fsp3) is 0.143. The molecule has 0 aliphatic carbocycles. The Morgan fingerprint density at radius 1 is 0.931 bits per heavy atom. The Morgan fingerprint density at radius 3 is 2.07 bits per heavy atom. The van der Waals surface area contributed by atoms with Gasteiger partial charge in [0.05, 0.1) is 10.6 Å². The second-order valence-corrected chi connectivity index (χ2v) is 8.28. The number of hydrogen-bond acceptors (Lipinski definition) is 4. The van der Waals surface area contributed by atoms with Gasteiger partial charge in [0.25, 0.3) is 0 Å². The lowest BCUT2D eigenvalue weighted by atomic mass is 10.0. The molecule has 4 N–H and O–H groups in total. The van der Waals surface area contributed by atoms with Crippen molar-refractivity contribution in [3.05, 3.63) is 78.1 Å². The molecule has 0 saturated heterocycles. The second-order valence-electron chi connectivity index (χ2n) is 6.72. The van der Waals surface area contributed by atoms with Gasteiger partial charge in [0, 0.05) is 26.0 Å². The van der Waals surface area contributed by atoms with Crippen molar-refractivity contribution >= 4 is 21.6 Å². The summed E-state index contributed by atoms with van der Waals surface area (Å²) in [4.78, 5) is 12.4. The number of amides is 1. The maximum Gasteiger partial charge on any atom is 0.304 e. The molecular formula is C21H23N4O3S+. The lowest BCUT2D eigenvalue weighted by molar-refractivity contribution is -0.696. The van der Waals surface area contributed by atoms with Crippen molar-refractivity contribution < 1.29 is 17.8 Å². The molecular weight excluding hydrogens is 388 g/mol. The molecule has 0 aliphatic heterocycles. The van der Waals surface area contributed by atoms with Crippen molar-refractivity contribution in [2.45, 2.75) is 25.3 Å². The van der Waals surface area contributed by atoms with E-state index < -0.39 is 10.0 Å². The number of nitrogens with two attached hydrogens (primary N) is 1. The SMILES string of the molecule is Cc1cc(-c2ccccc2)cc(C)[n+]1CC(=O)NNc1ccc(S(N)(=O)=O)cc1. The van der Waals surface area contributed by atoms with Gasteiger partial charge in [-0.05, 0) is 35.4 Å². The van der Waals surface area contributed by atoms with E-state index in [4.69, 9.17) is 5.14 Å². The Bertz CT molecular complexity index is 1110. The summed E-state index contributed by atoms with van der Waals surface area (Å²) in [6.07, 6.45) is 0. The van der Waals surface area contributed by atoms with Crippen LogP contribution >= 0.6 is 0 Å². The van der Waals surface area contributed by atoms with Gasteiger partial charge in [-0.25, -0.2) is 13.6 Å². The van der Waals surface area contributed by atoms with E-state index in [-0.39, 0.29) is 17.3 Å². The van der Waals surface area contributed by atoms with Crippen LogP contribution in [0.5, 0.6) is 0 Å². The van der Waals surface area contributed by atoms with Gasteiger partial charge in [0.15, 0.2) is 11.4 Å². The predicted molar refractivity (Wildman–Crippen MR) is 111 cm³/mol. The number of hydrazine groups is 1. The largest absolute Gasteiger partial charge is 0.304 e. The molecule has 150 valence electrons. The van der Waals surface area contributed by atoms with E-state index in [2.05, 4.69) is 35.1 Å². The summed E-state index contributed by atoms with van der Waals surface area (Å²) >= 11 is 0. The van der Waals surface area contributed by atoms with Crippen LogP contribution in [0.3, 0.4) is 0 Å². The number of carbonyl (C=O) groups excluding carboxylic acids is 1. The van der Waals surface area contributed by atoms with Gasteiger partial charge in [0.1, 0.15) is 0 Å². The van der Waals surface area contributed by atoms with Gasteiger partial charge < -0.3 is 0 Å². The number of anilines is 1. The van der Waals surface area contributed by atoms with Gasteiger partial charge in [0.2, 0.25) is 16.6 Å². The summed E-state index contributed by atoms with van der Waals surface area (Å²) < 4.78 is 24.5. The number of carbonyl (C=O) groups is 1. The quantitative estimate of drug-likeness (QED) is 0.426. The smallest absolute Gasteiger partial charge is 0.298 e.